The topological polar surface area (TPSA) is 90.4 Å². The fourth-order valence-corrected chi connectivity index (χ4v) is 10.0. The number of rotatable bonds is 10. The molecule has 5 atom stereocenters. The smallest absolute Gasteiger partial charge is 0.251 e. The van der Waals surface area contributed by atoms with Crippen LogP contribution in [0.25, 0.3) is 0 Å². The SMILES string of the molecule is CCOc1ccc(N2CC=C[C@@]3(C)S[C@]45C=CCN(c6cc(C)ccc6C)C(=O)C4N(CCCCCCO)C(=O)[C@@H]5[C@H]3C2=O)cc1. The molecule has 1 unspecified atom stereocenters. The van der Waals surface area contributed by atoms with Crippen LogP contribution in [0, 0.1) is 25.7 Å². The molecule has 2 aromatic carbocycles. The van der Waals surface area contributed by atoms with Crippen LogP contribution in [0.1, 0.15) is 50.7 Å². The number of anilines is 2. The first-order chi connectivity index (χ1) is 22.1. The van der Waals surface area contributed by atoms with E-state index in [2.05, 4.69) is 19.1 Å². The molecule has 0 aliphatic carbocycles. The Morgan fingerprint density at radius 2 is 1.59 bits per heavy atom. The fraction of sp³-hybridized carbons (Fsp3) is 0.486. The largest absolute Gasteiger partial charge is 0.494 e. The van der Waals surface area contributed by atoms with Gasteiger partial charge in [0.05, 0.1) is 23.2 Å². The number of amides is 3. The number of hydrogen-bond acceptors (Lipinski definition) is 6. The van der Waals surface area contributed by atoms with E-state index in [1.165, 1.54) is 0 Å². The van der Waals surface area contributed by atoms with Gasteiger partial charge < -0.3 is 24.5 Å². The summed E-state index contributed by atoms with van der Waals surface area (Å²) in [4.78, 5) is 49.7. The number of fused-ring (bicyclic) bond motifs is 2. The summed E-state index contributed by atoms with van der Waals surface area (Å²) in [5.41, 5.74) is 3.67. The maximum atomic E-state index is 14.9. The first kappa shape index (κ1) is 32.4. The minimum Gasteiger partial charge on any atom is -0.494 e. The number of unbranched alkanes of at least 4 members (excludes halogenated alkanes) is 3. The molecule has 0 bridgehead atoms. The van der Waals surface area contributed by atoms with Gasteiger partial charge in [0.15, 0.2) is 0 Å². The highest BCUT2D eigenvalue weighted by molar-refractivity contribution is 8.02. The van der Waals surface area contributed by atoms with Crippen molar-refractivity contribution >= 4 is 40.9 Å². The molecule has 1 N–H and O–H groups in total. The highest BCUT2D eigenvalue weighted by Crippen LogP contribution is 2.65. The molecule has 2 fully saturated rings. The summed E-state index contributed by atoms with van der Waals surface area (Å²) in [6.45, 7) is 9.95. The van der Waals surface area contributed by atoms with Crippen molar-refractivity contribution in [3.63, 3.8) is 0 Å². The van der Waals surface area contributed by atoms with Crippen LogP contribution in [0.4, 0.5) is 11.4 Å². The van der Waals surface area contributed by atoms with Crippen molar-refractivity contribution in [2.45, 2.75) is 68.9 Å². The number of thioether (sulfide) groups is 1. The zero-order valence-corrected chi connectivity index (χ0v) is 28.1. The van der Waals surface area contributed by atoms with Gasteiger partial charge in [-0.25, -0.2) is 0 Å². The fourth-order valence-electron chi connectivity index (χ4n) is 7.86. The minimum atomic E-state index is -0.896. The molecule has 6 rings (SSSR count). The quantitative estimate of drug-likeness (QED) is 0.274. The first-order valence-electron chi connectivity index (χ1n) is 16.5. The summed E-state index contributed by atoms with van der Waals surface area (Å²) in [7, 11) is 0. The summed E-state index contributed by atoms with van der Waals surface area (Å²) in [5, 5.41) is 9.28. The second-order valence-corrected chi connectivity index (χ2v) is 14.9. The van der Waals surface area contributed by atoms with Crippen molar-refractivity contribution in [1.29, 1.82) is 0 Å². The molecule has 0 saturated carbocycles. The first-order valence-corrected chi connectivity index (χ1v) is 17.4. The number of aryl methyl sites for hydroxylation is 2. The average molecular weight is 644 g/mol. The van der Waals surface area contributed by atoms with E-state index < -0.39 is 27.4 Å². The van der Waals surface area contributed by atoms with E-state index in [0.717, 1.165) is 47.5 Å². The van der Waals surface area contributed by atoms with Crippen LogP contribution in [0.15, 0.2) is 66.8 Å². The van der Waals surface area contributed by atoms with Gasteiger partial charge in [0, 0.05) is 42.4 Å². The van der Waals surface area contributed by atoms with Gasteiger partial charge in [-0.2, -0.15) is 0 Å². The van der Waals surface area contributed by atoms with Crippen molar-refractivity contribution in [3.8, 4) is 5.75 Å². The highest BCUT2D eigenvalue weighted by atomic mass is 32.2. The van der Waals surface area contributed by atoms with E-state index in [4.69, 9.17) is 4.74 Å². The standard InChI is InChI=1S/C37H45N3O5S/c1-5-45-28-16-14-27(15-17-28)38-21-10-18-36(4)30(33(38)42)31-34(43)40(20-8-6-7-9-23-41)32-35(44)39(22-11-19-37(31,32)46-36)29-24-25(2)12-13-26(29)3/h10-19,24,30-32,41H,5-9,20-23H2,1-4H3/t30-,31-,32?,36+,37-/m0/s1. The number of benzene rings is 2. The number of nitrogens with zero attached hydrogens (tertiary/aromatic N) is 3. The van der Waals surface area contributed by atoms with E-state index in [9.17, 15) is 19.5 Å². The molecule has 0 radical (unpaired) electrons. The third-order valence-electron chi connectivity index (χ3n) is 9.98. The van der Waals surface area contributed by atoms with Crippen LogP contribution in [0.2, 0.25) is 0 Å². The molecule has 4 aliphatic rings. The Morgan fingerprint density at radius 3 is 2.33 bits per heavy atom. The number of hydrogen-bond donors (Lipinski definition) is 1. The lowest BCUT2D eigenvalue weighted by Gasteiger charge is -2.37. The molecule has 4 aliphatic heterocycles. The number of aliphatic hydroxyl groups is 1. The van der Waals surface area contributed by atoms with Crippen molar-refractivity contribution < 1.29 is 24.2 Å². The van der Waals surface area contributed by atoms with Crippen molar-refractivity contribution in [3.05, 3.63) is 77.9 Å². The molecule has 4 heterocycles. The highest BCUT2D eigenvalue weighted by Gasteiger charge is 2.74. The molecule has 9 heteroatoms. The maximum absolute atomic E-state index is 14.9. The number of ether oxygens (including phenoxy) is 1. The molecule has 1 spiro atoms. The van der Waals surface area contributed by atoms with Crippen LogP contribution in [0.3, 0.4) is 0 Å². The molecule has 2 saturated heterocycles. The zero-order chi connectivity index (χ0) is 32.6. The molecule has 8 nitrogen and oxygen atoms in total. The van der Waals surface area contributed by atoms with Crippen LogP contribution in [-0.4, -0.2) is 76.1 Å². The van der Waals surface area contributed by atoms with E-state index in [1.807, 2.05) is 80.3 Å². The Labute approximate surface area is 276 Å². The summed E-state index contributed by atoms with van der Waals surface area (Å²) < 4.78 is 4.05. The van der Waals surface area contributed by atoms with Crippen LogP contribution >= 0.6 is 11.8 Å². The average Bonchev–Trinajstić information content (AvgIpc) is 3.29. The second kappa shape index (κ2) is 12.9. The lowest BCUT2D eigenvalue weighted by Crippen LogP contribution is -2.53. The van der Waals surface area contributed by atoms with E-state index in [0.29, 0.717) is 32.7 Å². The maximum Gasteiger partial charge on any atom is 0.251 e. The van der Waals surface area contributed by atoms with Crippen LogP contribution in [0.5, 0.6) is 5.75 Å². The van der Waals surface area contributed by atoms with Gasteiger partial charge in [-0.1, -0.05) is 49.3 Å². The zero-order valence-electron chi connectivity index (χ0n) is 27.3. The normalized spacial score (nSPS) is 28.7. The van der Waals surface area contributed by atoms with E-state index in [-0.39, 0.29) is 24.3 Å². The van der Waals surface area contributed by atoms with Gasteiger partial charge in [-0.05, 0) is 82.0 Å². The van der Waals surface area contributed by atoms with E-state index >= 15 is 0 Å². The van der Waals surface area contributed by atoms with Crippen molar-refractivity contribution in [2.24, 2.45) is 11.8 Å². The Kier molecular flexibility index (Phi) is 9.09. The molecule has 2 aromatic rings. The third-order valence-corrected chi connectivity index (χ3v) is 11.8. The van der Waals surface area contributed by atoms with Crippen LogP contribution < -0.4 is 14.5 Å². The molecular weight excluding hydrogens is 598 g/mol. The number of carbonyl (C=O) groups is 3. The van der Waals surface area contributed by atoms with E-state index in [1.54, 1.807) is 21.6 Å². The lowest BCUT2D eigenvalue weighted by atomic mass is 9.74. The van der Waals surface area contributed by atoms with Gasteiger partial charge >= 0.3 is 0 Å². The molecule has 3 amide bonds. The second-order valence-electron chi connectivity index (χ2n) is 13.1. The van der Waals surface area contributed by atoms with Crippen molar-refractivity contribution in [1.82, 2.24) is 4.90 Å². The number of likely N-dealkylation sites (tertiary alicyclic amines) is 1. The van der Waals surface area contributed by atoms with Gasteiger partial charge in [0.25, 0.3) is 5.91 Å². The Hall–Kier alpha value is -3.56. The Morgan fingerprint density at radius 1 is 0.870 bits per heavy atom. The Bertz CT molecular complexity index is 1560. The molecule has 244 valence electrons. The summed E-state index contributed by atoms with van der Waals surface area (Å²) in [6, 6.07) is 12.9. The van der Waals surface area contributed by atoms with Crippen molar-refractivity contribution in [2.75, 3.05) is 42.6 Å². The number of carbonyl (C=O) groups excluding carboxylic acids is 3. The van der Waals surface area contributed by atoms with Gasteiger partial charge in [-0.3, -0.25) is 14.4 Å². The monoisotopic (exact) mass is 643 g/mol. The molecule has 46 heavy (non-hydrogen) atoms. The van der Waals surface area contributed by atoms with Gasteiger partial charge in [0.2, 0.25) is 11.8 Å². The van der Waals surface area contributed by atoms with Gasteiger partial charge in [0.1, 0.15) is 11.8 Å². The predicted octanol–water partition coefficient (Wildman–Crippen LogP) is 5.45. The molecular formula is C37H45N3O5S. The number of aliphatic hydroxyl groups excluding tert-OH is 1. The predicted molar refractivity (Wildman–Crippen MR) is 183 cm³/mol. The summed E-state index contributed by atoms with van der Waals surface area (Å²) in [5.74, 6) is -0.921. The molecule has 0 aromatic heterocycles. The Balaban J connectivity index is 1.41. The third kappa shape index (κ3) is 5.45. The summed E-state index contributed by atoms with van der Waals surface area (Å²) >= 11 is 1.61. The summed E-state index contributed by atoms with van der Waals surface area (Å²) in [6.07, 6.45) is 11.4. The minimum absolute atomic E-state index is 0.0978. The van der Waals surface area contributed by atoms with Gasteiger partial charge in [-0.15, -0.1) is 11.8 Å². The van der Waals surface area contributed by atoms with Crippen LogP contribution in [-0.2, 0) is 14.4 Å². The lowest BCUT2D eigenvalue weighted by molar-refractivity contribution is -0.139.